The topological polar surface area (TPSA) is 20.2 Å². The molecule has 3 rings (SSSR count). The van der Waals surface area contributed by atoms with E-state index < -0.39 is 11.7 Å². The van der Waals surface area contributed by atoms with Crippen molar-refractivity contribution < 1.29 is 18.3 Å². The van der Waals surface area contributed by atoms with Crippen molar-refractivity contribution in [3.63, 3.8) is 0 Å². The molecule has 2 aromatic rings. The zero-order chi connectivity index (χ0) is 15.0. The van der Waals surface area contributed by atoms with Crippen molar-refractivity contribution in [2.24, 2.45) is 0 Å². The van der Waals surface area contributed by atoms with Gasteiger partial charge in [-0.2, -0.15) is 13.2 Å². The molecule has 0 saturated heterocycles. The quantitative estimate of drug-likeness (QED) is 0.794. The van der Waals surface area contributed by atoms with Crippen molar-refractivity contribution in [1.82, 2.24) is 0 Å². The van der Waals surface area contributed by atoms with Gasteiger partial charge in [0.2, 0.25) is 0 Å². The summed E-state index contributed by atoms with van der Waals surface area (Å²) in [5, 5.41) is 9.35. The van der Waals surface area contributed by atoms with Crippen LogP contribution in [0.3, 0.4) is 0 Å². The summed E-state index contributed by atoms with van der Waals surface area (Å²) < 4.78 is 38.7. The molecule has 0 heterocycles. The molecule has 0 aliphatic heterocycles. The molecular formula is C17H15F3O. The fourth-order valence-corrected chi connectivity index (χ4v) is 3.03. The van der Waals surface area contributed by atoms with Crippen LogP contribution < -0.4 is 0 Å². The van der Waals surface area contributed by atoms with Crippen LogP contribution >= 0.6 is 0 Å². The minimum atomic E-state index is -4.31. The van der Waals surface area contributed by atoms with Crippen LogP contribution in [0.4, 0.5) is 13.2 Å². The SMILES string of the molecule is Oc1ccc(C2CCCc3ccc(C(F)(F)F)cc32)cc1. The zero-order valence-electron chi connectivity index (χ0n) is 11.3. The first-order chi connectivity index (χ1) is 9.95. The van der Waals surface area contributed by atoms with E-state index in [9.17, 15) is 18.3 Å². The minimum absolute atomic E-state index is 0.0309. The fourth-order valence-electron chi connectivity index (χ4n) is 3.03. The lowest BCUT2D eigenvalue weighted by atomic mass is 9.78. The molecule has 0 amide bonds. The van der Waals surface area contributed by atoms with E-state index in [-0.39, 0.29) is 11.7 Å². The lowest BCUT2D eigenvalue weighted by molar-refractivity contribution is -0.137. The van der Waals surface area contributed by atoms with Crippen LogP contribution in [0.25, 0.3) is 0 Å². The van der Waals surface area contributed by atoms with Gasteiger partial charge < -0.3 is 5.11 Å². The molecule has 0 radical (unpaired) electrons. The molecule has 0 spiro atoms. The molecule has 0 bridgehead atoms. The summed E-state index contributed by atoms with van der Waals surface area (Å²) in [6, 6.07) is 10.8. The highest BCUT2D eigenvalue weighted by atomic mass is 19.4. The highest BCUT2D eigenvalue weighted by Crippen LogP contribution is 2.40. The Kier molecular flexibility index (Phi) is 3.40. The Balaban J connectivity index is 2.05. The fraction of sp³-hybridized carbons (Fsp3) is 0.294. The standard InChI is InChI=1S/C17H15F3O/c18-17(19,20)13-7-4-11-2-1-3-15(16(11)10-13)12-5-8-14(21)9-6-12/h4-10,15,21H,1-3H2. The molecule has 0 fully saturated rings. The van der Waals surface area contributed by atoms with E-state index in [2.05, 4.69) is 0 Å². The maximum absolute atomic E-state index is 12.9. The number of fused-ring (bicyclic) bond motifs is 1. The Labute approximate surface area is 121 Å². The van der Waals surface area contributed by atoms with Gasteiger partial charge in [0, 0.05) is 5.92 Å². The molecule has 0 saturated carbocycles. The number of hydrogen-bond donors (Lipinski definition) is 1. The first-order valence-electron chi connectivity index (χ1n) is 6.94. The third kappa shape index (κ3) is 2.75. The lowest BCUT2D eigenvalue weighted by Gasteiger charge is -2.27. The van der Waals surface area contributed by atoms with Crippen molar-refractivity contribution in [3.8, 4) is 5.75 Å². The average Bonchev–Trinajstić information content (AvgIpc) is 2.46. The Morgan fingerprint density at radius 1 is 1.00 bits per heavy atom. The van der Waals surface area contributed by atoms with Crippen molar-refractivity contribution in [3.05, 3.63) is 64.7 Å². The smallest absolute Gasteiger partial charge is 0.416 e. The third-order valence-electron chi connectivity index (χ3n) is 4.08. The largest absolute Gasteiger partial charge is 0.508 e. The monoisotopic (exact) mass is 292 g/mol. The lowest BCUT2D eigenvalue weighted by Crippen LogP contribution is -2.14. The van der Waals surface area contributed by atoms with Gasteiger partial charge in [-0.3, -0.25) is 0 Å². The van der Waals surface area contributed by atoms with Gasteiger partial charge >= 0.3 is 6.18 Å². The number of hydrogen-bond acceptors (Lipinski definition) is 1. The van der Waals surface area contributed by atoms with E-state index in [0.29, 0.717) is 0 Å². The molecule has 21 heavy (non-hydrogen) atoms. The minimum Gasteiger partial charge on any atom is -0.508 e. The van der Waals surface area contributed by atoms with Crippen LogP contribution in [-0.2, 0) is 12.6 Å². The number of aromatic hydroxyl groups is 1. The second-order valence-electron chi connectivity index (χ2n) is 5.45. The van der Waals surface area contributed by atoms with Gasteiger partial charge in [-0.1, -0.05) is 18.2 Å². The predicted molar refractivity (Wildman–Crippen MR) is 74.3 cm³/mol. The molecule has 1 aliphatic rings. The molecule has 1 atom stereocenters. The van der Waals surface area contributed by atoms with E-state index in [0.717, 1.165) is 42.0 Å². The normalized spacial score (nSPS) is 18.3. The van der Waals surface area contributed by atoms with Gasteiger partial charge in [0.1, 0.15) is 5.75 Å². The Morgan fingerprint density at radius 3 is 2.38 bits per heavy atom. The second kappa shape index (κ2) is 5.10. The number of aryl methyl sites for hydroxylation is 1. The Morgan fingerprint density at radius 2 is 1.71 bits per heavy atom. The predicted octanol–water partition coefficient (Wildman–Crippen LogP) is 4.88. The third-order valence-corrected chi connectivity index (χ3v) is 4.08. The zero-order valence-corrected chi connectivity index (χ0v) is 11.3. The first kappa shape index (κ1) is 14.0. The number of phenols is 1. The number of phenolic OH excluding ortho intramolecular Hbond substituents is 1. The summed E-state index contributed by atoms with van der Waals surface area (Å²) in [6.07, 6.45) is -1.70. The highest BCUT2D eigenvalue weighted by Gasteiger charge is 2.32. The molecule has 1 N–H and O–H groups in total. The molecule has 2 aromatic carbocycles. The number of halogens is 3. The van der Waals surface area contributed by atoms with E-state index in [4.69, 9.17) is 0 Å². The molecule has 110 valence electrons. The Bertz CT molecular complexity index is 644. The van der Waals surface area contributed by atoms with Gasteiger partial charge in [-0.05, 0) is 60.2 Å². The first-order valence-corrected chi connectivity index (χ1v) is 6.94. The van der Waals surface area contributed by atoms with Crippen LogP contribution in [0.2, 0.25) is 0 Å². The second-order valence-corrected chi connectivity index (χ2v) is 5.45. The molecular weight excluding hydrogens is 277 g/mol. The maximum Gasteiger partial charge on any atom is 0.416 e. The van der Waals surface area contributed by atoms with Crippen molar-refractivity contribution in [2.45, 2.75) is 31.4 Å². The number of benzene rings is 2. The Hall–Kier alpha value is -1.97. The van der Waals surface area contributed by atoms with Crippen LogP contribution in [0.15, 0.2) is 42.5 Å². The van der Waals surface area contributed by atoms with Crippen LogP contribution in [0, 0.1) is 0 Å². The van der Waals surface area contributed by atoms with Gasteiger partial charge in [0.25, 0.3) is 0 Å². The maximum atomic E-state index is 12.9. The van der Waals surface area contributed by atoms with Gasteiger partial charge in [-0.25, -0.2) is 0 Å². The molecule has 0 aromatic heterocycles. The van der Waals surface area contributed by atoms with Crippen molar-refractivity contribution >= 4 is 0 Å². The highest BCUT2D eigenvalue weighted by molar-refractivity contribution is 5.43. The summed E-state index contributed by atoms with van der Waals surface area (Å²) in [6.45, 7) is 0. The average molecular weight is 292 g/mol. The summed E-state index contributed by atoms with van der Waals surface area (Å²) in [4.78, 5) is 0. The van der Waals surface area contributed by atoms with Crippen LogP contribution in [0.1, 0.15) is 41.0 Å². The molecule has 1 nitrogen and oxygen atoms in total. The van der Waals surface area contributed by atoms with Crippen molar-refractivity contribution in [1.29, 1.82) is 0 Å². The van der Waals surface area contributed by atoms with E-state index in [1.165, 1.54) is 6.07 Å². The summed E-state index contributed by atoms with van der Waals surface area (Å²) >= 11 is 0. The van der Waals surface area contributed by atoms with Crippen LogP contribution in [-0.4, -0.2) is 5.11 Å². The van der Waals surface area contributed by atoms with E-state index in [1.807, 2.05) is 0 Å². The molecule has 4 heteroatoms. The molecule has 1 unspecified atom stereocenters. The number of rotatable bonds is 1. The summed E-state index contributed by atoms with van der Waals surface area (Å²) in [5.41, 5.74) is 2.12. The van der Waals surface area contributed by atoms with Crippen LogP contribution in [0.5, 0.6) is 5.75 Å². The van der Waals surface area contributed by atoms with Gasteiger partial charge in [0.05, 0.1) is 5.56 Å². The number of alkyl halides is 3. The van der Waals surface area contributed by atoms with Gasteiger partial charge in [0.15, 0.2) is 0 Å². The van der Waals surface area contributed by atoms with Gasteiger partial charge in [-0.15, -0.1) is 0 Å². The molecule has 1 aliphatic carbocycles. The van der Waals surface area contributed by atoms with E-state index >= 15 is 0 Å². The van der Waals surface area contributed by atoms with E-state index in [1.54, 1.807) is 30.3 Å². The summed E-state index contributed by atoms with van der Waals surface area (Å²) in [7, 11) is 0. The van der Waals surface area contributed by atoms with Crippen molar-refractivity contribution in [2.75, 3.05) is 0 Å². The summed E-state index contributed by atoms with van der Waals surface area (Å²) in [5.74, 6) is 0.135.